The van der Waals surface area contributed by atoms with Crippen LogP contribution in [0.5, 0.6) is 11.5 Å². The minimum absolute atomic E-state index is 0.0125. The quantitative estimate of drug-likeness (QED) is 0.674. The second-order valence-electron chi connectivity index (χ2n) is 6.69. The van der Waals surface area contributed by atoms with E-state index < -0.39 is 5.91 Å². The first-order valence-corrected chi connectivity index (χ1v) is 10.3. The lowest BCUT2D eigenvalue weighted by Crippen LogP contribution is -2.35. The van der Waals surface area contributed by atoms with Gasteiger partial charge in [0.15, 0.2) is 17.3 Å². The van der Waals surface area contributed by atoms with Crippen LogP contribution < -0.4 is 9.47 Å². The lowest BCUT2D eigenvalue weighted by molar-refractivity contribution is -0.114. The predicted molar refractivity (Wildman–Crippen MR) is 119 cm³/mol. The third kappa shape index (κ3) is 4.36. The summed E-state index contributed by atoms with van der Waals surface area (Å²) < 4.78 is 24.3. The monoisotopic (exact) mass is 438 g/mol. The molecule has 2 heterocycles. The normalized spacial score (nSPS) is 16.9. The van der Waals surface area contributed by atoms with E-state index in [1.165, 1.54) is 36.0 Å². The van der Waals surface area contributed by atoms with Crippen LogP contribution in [0.1, 0.15) is 24.5 Å². The number of thioether (sulfide) groups is 1. The summed E-state index contributed by atoms with van der Waals surface area (Å²) in [6.07, 6.45) is 2.29. The van der Waals surface area contributed by atoms with Gasteiger partial charge in [0, 0.05) is 0 Å². The zero-order chi connectivity index (χ0) is 22.0. The molecule has 31 heavy (non-hydrogen) atoms. The van der Waals surface area contributed by atoms with Gasteiger partial charge in [0.1, 0.15) is 17.5 Å². The van der Waals surface area contributed by atoms with Crippen LogP contribution in [0.25, 0.3) is 6.08 Å². The Kier molecular flexibility index (Phi) is 5.85. The highest BCUT2D eigenvalue weighted by atomic mass is 32.2. The summed E-state index contributed by atoms with van der Waals surface area (Å²) in [5, 5.41) is 15.3. The molecule has 4 rings (SSSR count). The Morgan fingerprint density at radius 3 is 2.68 bits per heavy atom. The topological polar surface area (TPSA) is 87.3 Å². The van der Waals surface area contributed by atoms with Crippen LogP contribution in [-0.4, -0.2) is 34.1 Å². The number of benzene rings is 2. The van der Waals surface area contributed by atoms with Crippen molar-refractivity contribution in [2.75, 3.05) is 7.11 Å². The number of hydrogen-bond donors (Lipinski definition) is 1. The molecule has 9 heteroatoms. The average Bonchev–Trinajstić information content (AvgIpc) is 3.20. The lowest BCUT2D eigenvalue weighted by atomic mass is 10.1. The maximum absolute atomic E-state index is 13.0. The fourth-order valence-corrected chi connectivity index (χ4v) is 3.80. The molecule has 0 aliphatic carbocycles. The number of ether oxygens (including phenoxy) is 2. The Bertz CT molecular complexity index is 1140. The molecule has 0 spiro atoms. The number of hydrazone groups is 1. The maximum atomic E-state index is 13.0. The molecule has 0 saturated heterocycles. The number of methoxy groups -OCH3 is 1. The molecule has 0 unspecified atom stereocenters. The van der Waals surface area contributed by atoms with E-state index in [1.54, 1.807) is 36.4 Å². The molecule has 0 saturated carbocycles. The van der Waals surface area contributed by atoms with E-state index in [4.69, 9.17) is 14.9 Å². The van der Waals surface area contributed by atoms with Crippen molar-refractivity contribution in [1.82, 2.24) is 5.01 Å². The molecule has 0 fully saturated rings. The first-order chi connectivity index (χ1) is 15.0. The van der Waals surface area contributed by atoms with Crippen LogP contribution in [0.15, 0.2) is 58.1 Å². The smallest absolute Gasteiger partial charge is 0.283 e. The number of nitrogens with one attached hydrogen (secondary N) is 1. The van der Waals surface area contributed by atoms with Crippen molar-refractivity contribution in [1.29, 1.82) is 5.41 Å². The number of amides is 1. The van der Waals surface area contributed by atoms with Crippen molar-refractivity contribution in [3.8, 4) is 11.5 Å². The highest BCUT2D eigenvalue weighted by molar-refractivity contribution is 8.26. The van der Waals surface area contributed by atoms with Crippen molar-refractivity contribution in [2.24, 2.45) is 10.1 Å². The Hall–Kier alpha value is -3.46. The number of rotatable bonds is 6. The van der Waals surface area contributed by atoms with Gasteiger partial charge in [-0.05, 0) is 59.7 Å². The fraction of sp³-hybridized carbons (Fsp3) is 0.182. The van der Waals surface area contributed by atoms with Crippen LogP contribution in [0.3, 0.4) is 0 Å². The van der Waals surface area contributed by atoms with Crippen molar-refractivity contribution in [3.05, 3.63) is 65.0 Å². The van der Waals surface area contributed by atoms with Crippen LogP contribution in [0.2, 0.25) is 0 Å². The second-order valence-corrected chi connectivity index (χ2v) is 7.73. The number of nitrogens with zero attached hydrogens (tertiary/aromatic N) is 3. The van der Waals surface area contributed by atoms with Gasteiger partial charge in [0.05, 0.1) is 12.7 Å². The number of amidine groups is 2. The molecule has 2 aromatic rings. The van der Waals surface area contributed by atoms with Gasteiger partial charge in [0.2, 0.25) is 5.17 Å². The molecule has 1 amide bonds. The summed E-state index contributed by atoms with van der Waals surface area (Å²) in [6.45, 7) is 2.21. The summed E-state index contributed by atoms with van der Waals surface area (Å²) in [7, 11) is 1.52. The molecule has 2 aliphatic heterocycles. The zero-order valence-corrected chi connectivity index (χ0v) is 17.7. The van der Waals surface area contributed by atoms with Crippen molar-refractivity contribution in [3.63, 3.8) is 0 Å². The number of carbonyl (C=O) groups is 1. The first-order valence-electron chi connectivity index (χ1n) is 9.53. The molecule has 0 aromatic heterocycles. The van der Waals surface area contributed by atoms with Crippen LogP contribution in [0.4, 0.5) is 4.39 Å². The summed E-state index contributed by atoms with van der Waals surface area (Å²) in [4.78, 5) is 16.5. The van der Waals surface area contributed by atoms with E-state index in [-0.39, 0.29) is 23.8 Å². The zero-order valence-electron chi connectivity index (χ0n) is 16.9. The first kappa shape index (κ1) is 20.8. The van der Waals surface area contributed by atoms with E-state index in [0.717, 1.165) is 10.6 Å². The van der Waals surface area contributed by atoms with Crippen molar-refractivity contribution in [2.45, 2.75) is 20.0 Å². The van der Waals surface area contributed by atoms with Gasteiger partial charge in [-0.2, -0.15) is 15.1 Å². The van der Waals surface area contributed by atoms with Crippen molar-refractivity contribution < 1.29 is 18.7 Å². The fourth-order valence-electron chi connectivity index (χ4n) is 2.98. The Labute approximate surface area is 182 Å². The molecule has 0 radical (unpaired) electrons. The summed E-state index contributed by atoms with van der Waals surface area (Å²) in [6, 6.07) is 11.3. The van der Waals surface area contributed by atoms with Gasteiger partial charge in [0.25, 0.3) is 5.91 Å². The highest BCUT2D eigenvalue weighted by Gasteiger charge is 2.35. The second kappa shape index (κ2) is 8.73. The van der Waals surface area contributed by atoms with Gasteiger partial charge in [-0.25, -0.2) is 4.39 Å². The minimum atomic E-state index is -0.480. The van der Waals surface area contributed by atoms with Gasteiger partial charge < -0.3 is 9.47 Å². The Balaban J connectivity index is 1.55. The van der Waals surface area contributed by atoms with Gasteiger partial charge >= 0.3 is 0 Å². The average molecular weight is 438 g/mol. The van der Waals surface area contributed by atoms with Crippen LogP contribution in [-0.2, 0) is 11.4 Å². The molecule has 1 N–H and O–H groups in total. The SMILES string of the molecule is CCC1=NN2C(=N)C(=Cc3ccc(OCc4ccc(F)cc4)c(OC)c3)C(=O)N=C2S1. The minimum Gasteiger partial charge on any atom is -0.493 e. The highest BCUT2D eigenvalue weighted by Crippen LogP contribution is 2.32. The largest absolute Gasteiger partial charge is 0.493 e. The molecular weight excluding hydrogens is 419 g/mol. The lowest BCUT2D eigenvalue weighted by Gasteiger charge is -2.20. The number of carbonyl (C=O) groups excluding carboxylic acids is 1. The summed E-state index contributed by atoms with van der Waals surface area (Å²) in [5.74, 6) is 0.182. The van der Waals surface area contributed by atoms with E-state index >= 15 is 0 Å². The van der Waals surface area contributed by atoms with Crippen LogP contribution in [0, 0.1) is 11.2 Å². The number of aliphatic imine (C=N–C) groups is 1. The van der Waals surface area contributed by atoms with Gasteiger partial charge in [-0.3, -0.25) is 10.2 Å². The third-order valence-electron chi connectivity index (χ3n) is 4.61. The third-order valence-corrected chi connectivity index (χ3v) is 5.66. The van der Waals surface area contributed by atoms with E-state index in [2.05, 4.69) is 10.1 Å². The Morgan fingerprint density at radius 1 is 1.19 bits per heavy atom. The van der Waals surface area contributed by atoms with E-state index in [0.29, 0.717) is 28.7 Å². The van der Waals surface area contributed by atoms with Gasteiger partial charge in [-0.15, -0.1) is 0 Å². The molecule has 158 valence electrons. The molecule has 2 aromatic carbocycles. The molecule has 0 atom stereocenters. The number of fused-ring (bicyclic) bond motifs is 1. The molecule has 2 aliphatic rings. The van der Waals surface area contributed by atoms with E-state index in [1.807, 2.05) is 6.92 Å². The van der Waals surface area contributed by atoms with Crippen molar-refractivity contribution >= 4 is 39.8 Å². The number of hydrogen-bond acceptors (Lipinski definition) is 6. The molecule has 0 bridgehead atoms. The van der Waals surface area contributed by atoms with Crippen LogP contribution >= 0.6 is 11.8 Å². The predicted octanol–water partition coefficient (Wildman–Crippen LogP) is 4.44. The Morgan fingerprint density at radius 2 is 1.97 bits per heavy atom. The summed E-state index contributed by atoms with van der Waals surface area (Å²) in [5.41, 5.74) is 1.62. The number of halogens is 1. The standard InChI is InChI=1S/C22H19FN4O3S/c1-3-19-26-27-20(24)16(21(28)25-22(27)31-19)10-14-6-9-17(18(11-14)29-2)30-12-13-4-7-15(23)8-5-13/h4-11,24H,3,12H2,1-2H3. The van der Waals surface area contributed by atoms with E-state index in [9.17, 15) is 9.18 Å². The van der Waals surface area contributed by atoms with Gasteiger partial charge in [-0.1, -0.05) is 25.1 Å². The summed E-state index contributed by atoms with van der Waals surface area (Å²) >= 11 is 1.30. The maximum Gasteiger partial charge on any atom is 0.283 e. The molecular formula is C22H19FN4O3S. The molecule has 7 nitrogen and oxygen atoms in total.